The van der Waals surface area contributed by atoms with Crippen molar-refractivity contribution in [3.05, 3.63) is 78.1 Å². The number of carbonyl (C=O) groups excluding carboxylic acids is 1. The number of amides is 1. The minimum Gasteiger partial charge on any atom is -0.453 e. The molecule has 5 nitrogen and oxygen atoms in total. The van der Waals surface area contributed by atoms with Gasteiger partial charge in [0, 0.05) is 38.6 Å². The second-order valence-corrected chi connectivity index (χ2v) is 6.52. The Balaban J connectivity index is 1.86. The van der Waals surface area contributed by atoms with Gasteiger partial charge in [-0.1, -0.05) is 42.5 Å². The average molecular weight is 362 g/mol. The molecular formula is C22H22N2O3. The van der Waals surface area contributed by atoms with Crippen LogP contribution in [0.15, 0.2) is 77.5 Å². The largest absolute Gasteiger partial charge is 0.453 e. The van der Waals surface area contributed by atoms with Crippen LogP contribution in [-0.4, -0.2) is 17.9 Å². The average Bonchev–Trinajstić information content (AvgIpc) is 2.62. The zero-order chi connectivity index (χ0) is 19.3. The summed E-state index contributed by atoms with van der Waals surface area (Å²) < 4.78 is 11.8. The molecule has 0 spiro atoms. The number of nitrogens with one attached hydrogen (secondary N) is 1. The van der Waals surface area contributed by atoms with Gasteiger partial charge in [-0.05, 0) is 18.2 Å². The summed E-state index contributed by atoms with van der Waals surface area (Å²) >= 11 is 0. The third-order valence-corrected chi connectivity index (χ3v) is 3.72. The van der Waals surface area contributed by atoms with Crippen LogP contribution in [0.2, 0.25) is 0 Å². The van der Waals surface area contributed by atoms with Gasteiger partial charge in [0.05, 0.1) is 11.4 Å². The van der Waals surface area contributed by atoms with Crippen molar-refractivity contribution >= 4 is 29.3 Å². The normalized spacial score (nSPS) is 17.1. The lowest BCUT2D eigenvalue weighted by Gasteiger charge is -2.33. The number of hydrogen-bond donors (Lipinski definition) is 1. The van der Waals surface area contributed by atoms with Crippen molar-refractivity contribution in [2.45, 2.75) is 26.6 Å². The molecule has 0 saturated heterocycles. The molecule has 0 bridgehead atoms. The number of ether oxygens (including phenoxy) is 2. The smallest absolute Gasteiger partial charge is 0.245 e. The number of anilines is 1. The van der Waals surface area contributed by atoms with Crippen molar-refractivity contribution in [3.8, 4) is 0 Å². The van der Waals surface area contributed by atoms with Crippen LogP contribution in [0.25, 0.3) is 5.76 Å². The van der Waals surface area contributed by atoms with Crippen LogP contribution in [-0.2, 0) is 14.3 Å². The van der Waals surface area contributed by atoms with Gasteiger partial charge < -0.3 is 14.8 Å². The van der Waals surface area contributed by atoms with E-state index in [9.17, 15) is 4.79 Å². The Labute approximate surface area is 159 Å². The van der Waals surface area contributed by atoms with Crippen molar-refractivity contribution in [2.24, 2.45) is 4.99 Å². The van der Waals surface area contributed by atoms with Gasteiger partial charge in [-0.2, -0.15) is 0 Å². The number of nitrogens with zero attached hydrogens (tertiary/aromatic N) is 1. The second kappa shape index (κ2) is 7.91. The molecule has 138 valence electrons. The molecule has 0 fully saturated rings. The van der Waals surface area contributed by atoms with E-state index in [1.807, 2.05) is 74.5 Å². The molecular weight excluding hydrogens is 340 g/mol. The maximum atomic E-state index is 11.3. The molecule has 3 rings (SSSR count). The summed E-state index contributed by atoms with van der Waals surface area (Å²) in [6.45, 7) is 5.19. The Morgan fingerprint density at radius 1 is 1.04 bits per heavy atom. The van der Waals surface area contributed by atoms with E-state index in [1.54, 1.807) is 12.3 Å². The molecule has 2 aromatic rings. The van der Waals surface area contributed by atoms with Gasteiger partial charge in [-0.25, -0.2) is 0 Å². The Morgan fingerprint density at radius 3 is 2.48 bits per heavy atom. The van der Waals surface area contributed by atoms with E-state index in [2.05, 4.69) is 10.3 Å². The minimum absolute atomic E-state index is 0.138. The summed E-state index contributed by atoms with van der Waals surface area (Å²) in [4.78, 5) is 15.7. The first kappa shape index (κ1) is 18.5. The number of aliphatic imine (C=N–C) groups is 1. The first-order valence-electron chi connectivity index (χ1n) is 8.69. The lowest BCUT2D eigenvalue weighted by atomic mass is 10.1. The summed E-state index contributed by atoms with van der Waals surface area (Å²) in [5.74, 6) is 0.463. The zero-order valence-electron chi connectivity index (χ0n) is 15.6. The Hall–Kier alpha value is -3.34. The van der Waals surface area contributed by atoms with Crippen LogP contribution < -0.4 is 5.32 Å². The van der Waals surface area contributed by atoms with Crippen LogP contribution in [0, 0.1) is 0 Å². The molecule has 1 aliphatic heterocycles. The van der Waals surface area contributed by atoms with E-state index in [4.69, 9.17) is 9.47 Å². The van der Waals surface area contributed by atoms with E-state index in [1.165, 1.54) is 6.92 Å². The quantitative estimate of drug-likeness (QED) is 0.774. The predicted octanol–water partition coefficient (Wildman–Crippen LogP) is 5.06. The number of carbonyl (C=O) groups is 1. The standard InChI is InChI=1S/C22H22N2O3/c1-16(25)24-20-12-8-7-11-19(20)23-14-13-18-15-21(27-22(2,3)26-18)17-9-5-4-6-10-17/h4-15H,1-3H3,(H,24,25)/b18-13-,23-14?. The fraction of sp³-hybridized carbons (Fsp3) is 0.182. The summed E-state index contributed by atoms with van der Waals surface area (Å²) in [5, 5.41) is 2.77. The van der Waals surface area contributed by atoms with Crippen LogP contribution in [0.3, 0.4) is 0 Å². The highest BCUT2D eigenvalue weighted by Gasteiger charge is 2.28. The molecule has 1 aliphatic rings. The molecule has 0 unspecified atom stereocenters. The maximum absolute atomic E-state index is 11.3. The van der Waals surface area contributed by atoms with Gasteiger partial charge in [0.2, 0.25) is 11.7 Å². The fourth-order valence-corrected chi connectivity index (χ4v) is 2.66. The van der Waals surface area contributed by atoms with E-state index in [0.717, 1.165) is 11.3 Å². The van der Waals surface area contributed by atoms with Gasteiger partial charge in [0.1, 0.15) is 11.5 Å². The number of rotatable bonds is 4. The summed E-state index contributed by atoms with van der Waals surface area (Å²) in [6, 6.07) is 17.2. The molecule has 1 amide bonds. The fourth-order valence-electron chi connectivity index (χ4n) is 2.66. The third-order valence-electron chi connectivity index (χ3n) is 3.72. The monoisotopic (exact) mass is 362 g/mol. The number of benzene rings is 2. The molecule has 27 heavy (non-hydrogen) atoms. The number of allylic oxidation sites excluding steroid dienone is 2. The highest BCUT2D eigenvalue weighted by atomic mass is 16.7. The molecule has 1 heterocycles. The van der Waals surface area contributed by atoms with E-state index in [-0.39, 0.29) is 5.91 Å². The molecule has 0 radical (unpaired) electrons. The van der Waals surface area contributed by atoms with Crippen molar-refractivity contribution in [2.75, 3.05) is 5.32 Å². The lowest BCUT2D eigenvalue weighted by molar-refractivity contribution is -0.149. The Morgan fingerprint density at radius 2 is 1.74 bits per heavy atom. The Kier molecular flexibility index (Phi) is 5.41. The van der Waals surface area contributed by atoms with E-state index >= 15 is 0 Å². The van der Waals surface area contributed by atoms with Gasteiger partial charge in [0.25, 0.3) is 0 Å². The number of para-hydroxylation sites is 2. The van der Waals surface area contributed by atoms with Crippen LogP contribution in [0.1, 0.15) is 26.3 Å². The molecule has 0 aromatic heterocycles. The van der Waals surface area contributed by atoms with Crippen molar-refractivity contribution in [1.82, 2.24) is 0 Å². The lowest BCUT2D eigenvalue weighted by Crippen LogP contribution is -2.30. The predicted molar refractivity (Wildman–Crippen MR) is 108 cm³/mol. The van der Waals surface area contributed by atoms with Gasteiger partial charge in [-0.15, -0.1) is 0 Å². The summed E-state index contributed by atoms with van der Waals surface area (Å²) in [5.41, 5.74) is 2.31. The number of hydrogen-bond acceptors (Lipinski definition) is 4. The van der Waals surface area contributed by atoms with Crippen LogP contribution in [0.5, 0.6) is 0 Å². The topological polar surface area (TPSA) is 59.9 Å². The third kappa shape index (κ3) is 5.07. The first-order chi connectivity index (χ1) is 12.9. The molecule has 5 heteroatoms. The highest BCUT2D eigenvalue weighted by molar-refractivity contribution is 5.93. The van der Waals surface area contributed by atoms with E-state index in [0.29, 0.717) is 17.1 Å². The van der Waals surface area contributed by atoms with Gasteiger partial charge >= 0.3 is 0 Å². The molecule has 0 aliphatic carbocycles. The van der Waals surface area contributed by atoms with Crippen molar-refractivity contribution in [3.63, 3.8) is 0 Å². The minimum atomic E-state index is -0.784. The van der Waals surface area contributed by atoms with Crippen LogP contribution >= 0.6 is 0 Å². The van der Waals surface area contributed by atoms with Gasteiger partial charge in [0.15, 0.2) is 0 Å². The summed E-state index contributed by atoms with van der Waals surface area (Å²) in [6.07, 6.45) is 5.26. The highest BCUT2D eigenvalue weighted by Crippen LogP contribution is 2.32. The van der Waals surface area contributed by atoms with Crippen LogP contribution in [0.4, 0.5) is 11.4 Å². The Bertz CT molecular complexity index is 912. The molecule has 1 N–H and O–H groups in total. The van der Waals surface area contributed by atoms with E-state index < -0.39 is 5.79 Å². The van der Waals surface area contributed by atoms with Gasteiger partial charge in [-0.3, -0.25) is 9.79 Å². The first-order valence-corrected chi connectivity index (χ1v) is 8.69. The molecule has 0 saturated carbocycles. The second-order valence-electron chi connectivity index (χ2n) is 6.52. The maximum Gasteiger partial charge on any atom is 0.245 e. The van der Waals surface area contributed by atoms with Crippen molar-refractivity contribution < 1.29 is 14.3 Å². The molecule has 2 aromatic carbocycles. The molecule has 0 atom stereocenters. The summed E-state index contributed by atoms with van der Waals surface area (Å²) in [7, 11) is 0. The zero-order valence-corrected chi connectivity index (χ0v) is 15.6. The van der Waals surface area contributed by atoms with Crippen molar-refractivity contribution in [1.29, 1.82) is 0 Å². The SMILES string of the molecule is CC(=O)Nc1ccccc1N=C/C=C1/C=C(c2ccccc2)OC(C)(C)O1.